The lowest BCUT2D eigenvalue weighted by molar-refractivity contribution is 0.278. The molecule has 16 heavy (non-hydrogen) atoms. The van der Waals surface area contributed by atoms with Crippen LogP contribution in [0.4, 0.5) is 0 Å². The third-order valence-electron chi connectivity index (χ3n) is 3.67. The molecule has 1 aliphatic rings. The number of benzene rings is 1. The Morgan fingerprint density at radius 1 is 1.19 bits per heavy atom. The van der Waals surface area contributed by atoms with Gasteiger partial charge in [0.05, 0.1) is 0 Å². The van der Waals surface area contributed by atoms with Gasteiger partial charge in [-0.2, -0.15) is 0 Å². The number of hydrogen-bond donors (Lipinski definition) is 2. The molecule has 0 aromatic heterocycles. The zero-order valence-corrected chi connectivity index (χ0v) is 9.78. The van der Waals surface area contributed by atoms with Gasteiger partial charge in [0, 0.05) is 5.54 Å². The van der Waals surface area contributed by atoms with Crippen LogP contribution in [0.1, 0.15) is 44.1 Å². The summed E-state index contributed by atoms with van der Waals surface area (Å²) in [6.07, 6.45) is 8.22. The van der Waals surface area contributed by atoms with E-state index in [1.54, 1.807) is 6.07 Å². The second-order valence-corrected chi connectivity index (χ2v) is 5.09. The van der Waals surface area contributed by atoms with Crippen molar-refractivity contribution in [1.29, 1.82) is 0 Å². The third-order valence-corrected chi connectivity index (χ3v) is 3.67. The van der Waals surface area contributed by atoms with Gasteiger partial charge < -0.3 is 10.8 Å². The van der Waals surface area contributed by atoms with Crippen LogP contribution in [0.5, 0.6) is 5.75 Å². The lowest BCUT2D eigenvalue weighted by Crippen LogP contribution is -2.41. The Balaban J connectivity index is 1.91. The summed E-state index contributed by atoms with van der Waals surface area (Å²) in [6.45, 7) is 0. The molecule has 0 radical (unpaired) electrons. The van der Waals surface area contributed by atoms with Crippen molar-refractivity contribution in [3.63, 3.8) is 0 Å². The summed E-state index contributed by atoms with van der Waals surface area (Å²) in [7, 11) is 0. The van der Waals surface area contributed by atoms with Crippen LogP contribution < -0.4 is 5.73 Å². The number of aryl methyl sites for hydroxylation is 1. The van der Waals surface area contributed by atoms with Crippen LogP contribution in [0.25, 0.3) is 0 Å². The van der Waals surface area contributed by atoms with Crippen LogP contribution in [-0.4, -0.2) is 10.6 Å². The Morgan fingerprint density at radius 3 is 2.62 bits per heavy atom. The fraction of sp³-hybridized carbons (Fsp3) is 0.571. The van der Waals surface area contributed by atoms with Gasteiger partial charge in [-0.25, -0.2) is 0 Å². The third kappa shape index (κ3) is 2.99. The Hall–Kier alpha value is -1.02. The fourth-order valence-electron chi connectivity index (χ4n) is 2.61. The van der Waals surface area contributed by atoms with Crippen molar-refractivity contribution in [3.8, 4) is 5.75 Å². The monoisotopic (exact) mass is 219 g/mol. The number of phenolic OH excluding ortho intramolecular Hbond substituents is 1. The van der Waals surface area contributed by atoms with Crippen LogP contribution in [0, 0.1) is 0 Å². The zero-order valence-electron chi connectivity index (χ0n) is 9.78. The topological polar surface area (TPSA) is 46.2 Å². The zero-order chi connectivity index (χ0) is 11.4. The molecule has 0 atom stereocenters. The Bertz CT molecular complexity index is 342. The van der Waals surface area contributed by atoms with E-state index in [1.165, 1.54) is 24.8 Å². The van der Waals surface area contributed by atoms with Crippen molar-refractivity contribution in [1.82, 2.24) is 0 Å². The average Bonchev–Trinajstić information content (AvgIpc) is 2.28. The summed E-state index contributed by atoms with van der Waals surface area (Å²) in [6, 6.07) is 7.51. The smallest absolute Gasteiger partial charge is 0.115 e. The van der Waals surface area contributed by atoms with Crippen molar-refractivity contribution in [2.24, 2.45) is 5.73 Å². The van der Waals surface area contributed by atoms with Crippen LogP contribution in [0.3, 0.4) is 0 Å². The van der Waals surface area contributed by atoms with E-state index in [9.17, 15) is 5.11 Å². The van der Waals surface area contributed by atoms with Gasteiger partial charge in [-0.15, -0.1) is 0 Å². The van der Waals surface area contributed by atoms with Gasteiger partial charge in [0.25, 0.3) is 0 Å². The van der Waals surface area contributed by atoms with Crippen molar-refractivity contribution in [3.05, 3.63) is 29.8 Å². The minimum absolute atomic E-state index is 0.0453. The molecule has 88 valence electrons. The normalized spacial score (nSPS) is 19.6. The summed E-state index contributed by atoms with van der Waals surface area (Å²) in [4.78, 5) is 0. The molecule has 0 bridgehead atoms. The van der Waals surface area contributed by atoms with Crippen molar-refractivity contribution >= 4 is 0 Å². The SMILES string of the molecule is NC1(CCc2cccc(O)c2)CCCCC1. The quantitative estimate of drug-likeness (QED) is 0.821. The highest BCUT2D eigenvalue weighted by atomic mass is 16.3. The number of nitrogens with two attached hydrogens (primary N) is 1. The molecule has 3 N–H and O–H groups in total. The molecule has 0 spiro atoms. The maximum absolute atomic E-state index is 9.38. The first-order valence-corrected chi connectivity index (χ1v) is 6.25. The van der Waals surface area contributed by atoms with E-state index in [0.29, 0.717) is 5.75 Å². The number of hydrogen-bond acceptors (Lipinski definition) is 2. The molecule has 2 rings (SSSR count). The molecule has 2 heteroatoms. The summed E-state index contributed by atoms with van der Waals surface area (Å²) >= 11 is 0. The standard InChI is InChI=1S/C14H21NO/c15-14(8-2-1-3-9-14)10-7-12-5-4-6-13(16)11-12/h4-6,11,16H,1-3,7-10,15H2. The van der Waals surface area contributed by atoms with Gasteiger partial charge >= 0.3 is 0 Å². The molecule has 0 aliphatic heterocycles. The number of phenols is 1. The first kappa shape index (κ1) is 11.5. The van der Waals surface area contributed by atoms with Crippen LogP contribution in [0.15, 0.2) is 24.3 Å². The van der Waals surface area contributed by atoms with Crippen LogP contribution >= 0.6 is 0 Å². The summed E-state index contributed by atoms with van der Waals surface area (Å²) < 4.78 is 0. The molecule has 1 aromatic rings. The lowest BCUT2D eigenvalue weighted by Gasteiger charge is -2.33. The molecule has 2 nitrogen and oxygen atoms in total. The van der Waals surface area contributed by atoms with E-state index in [-0.39, 0.29) is 5.54 Å². The van der Waals surface area contributed by atoms with E-state index < -0.39 is 0 Å². The predicted octanol–water partition coefficient (Wildman–Crippen LogP) is 2.99. The second kappa shape index (κ2) is 4.88. The summed E-state index contributed by atoms with van der Waals surface area (Å²) in [5.74, 6) is 0.354. The molecule has 1 fully saturated rings. The predicted molar refractivity (Wildman–Crippen MR) is 66.4 cm³/mol. The minimum Gasteiger partial charge on any atom is -0.508 e. The largest absolute Gasteiger partial charge is 0.508 e. The van der Waals surface area contributed by atoms with E-state index in [0.717, 1.165) is 25.7 Å². The van der Waals surface area contributed by atoms with E-state index in [2.05, 4.69) is 6.07 Å². The first-order valence-electron chi connectivity index (χ1n) is 6.25. The Kier molecular flexibility index (Phi) is 3.49. The highest BCUT2D eigenvalue weighted by molar-refractivity contribution is 5.27. The Labute approximate surface area is 97.5 Å². The highest BCUT2D eigenvalue weighted by Gasteiger charge is 2.26. The van der Waals surface area contributed by atoms with E-state index in [1.807, 2.05) is 12.1 Å². The Morgan fingerprint density at radius 2 is 1.94 bits per heavy atom. The lowest BCUT2D eigenvalue weighted by atomic mass is 9.79. The molecular formula is C14H21NO. The molecule has 0 amide bonds. The average molecular weight is 219 g/mol. The van der Waals surface area contributed by atoms with Gasteiger partial charge in [-0.1, -0.05) is 31.4 Å². The number of aromatic hydroxyl groups is 1. The molecular weight excluding hydrogens is 198 g/mol. The maximum Gasteiger partial charge on any atom is 0.115 e. The first-order chi connectivity index (χ1) is 7.68. The van der Waals surface area contributed by atoms with E-state index in [4.69, 9.17) is 5.73 Å². The van der Waals surface area contributed by atoms with Crippen molar-refractivity contribution in [2.45, 2.75) is 50.5 Å². The van der Waals surface area contributed by atoms with Crippen LogP contribution in [-0.2, 0) is 6.42 Å². The molecule has 0 saturated heterocycles. The number of rotatable bonds is 3. The van der Waals surface area contributed by atoms with Crippen molar-refractivity contribution in [2.75, 3.05) is 0 Å². The molecule has 0 unspecified atom stereocenters. The van der Waals surface area contributed by atoms with Gasteiger partial charge in [-0.05, 0) is 43.4 Å². The van der Waals surface area contributed by atoms with Gasteiger partial charge in [0.1, 0.15) is 5.75 Å². The van der Waals surface area contributed by atoms with Crippen molar-refractivity contribution < 1.29 is 5.11 Å². The van der Waals surface area contributed by atoms with E-state index >= 15 is 0 Å². The molecule has 1 aliphatic carbocycles. The second-order valence-electron chi connectivity index (χ2n) is 5.09. The maximum atomic E-state index is 9.38. The molecule has 1 saturated carbocycles. The summed E-state index contributed by atoms with van der Waals surface area (Å²) in [5.41, 5.74) is 7.62. The fourth-order valence-corrected chi connectivity index (χ4v) is 2.61. The van der Waals surface area contributed by atoms with Crippen LogP contribution in [0.2, 0.25) is 0 Å². The van der Waals surface area contributed by atoms with Gasteiger partial charge in [0.15, 0.2) is 0 Å². The molecule has 0 heterocycles. The molecule has 1 aromatic carbocycles. The minimum atomic E-state index is 0.0453. The summed E-state index contributed by atoms with van der Waals surface area (Å²) in [5, 5.41) is 9.38. The van der Waals surface area contributed by atoms with Gasteiger partial charge in [-0.3, -0.25) is 0 Å². The van der Waals surface area contributed by atoms with Gasteiger partial charge in [0.2, 0.25) is 0 Å². The highest BCUT2D eigenvalue weighted by Crippen LogP contribution is 2.30.